The van der Waals surface area contributed by atoms with E-state index < -0.39 is 6.10 Å². The van der Waals surface area contributed by atoms with Crippen molar-refractivity contribution in [3.8, 4) is 0 Å². The number of halogens is 1. The minimum Gasteiger partial charge on any atom is -0.413 e. The molecule has 1 rings (SSSR count). The van der Waals surface area contributed by atoms with Crippen LogP contribution in [0, 0.1) is 5.92 Å². The van der Waals surface area contributed by atoms with Gasteiger partial charge in [0.05, 0.1) is 0 Å². The normalized spacial score (nSPS) is 14.7. The van der Waals surface area contributed by atoms with Crippen LogP contribution in [0.5, 0.6) is 0 Å². The number of nitrogens with zero attached hydrogens (tertiary/aromatic N) is 2. The van der Waals surface area contributed by atoms with Crippen LogP contribution in [0.1, 0.15) is 46.1 Å². The highest BCUT2D eigenvalue weighted by molar-refractivity contribution is 7.99. The molecule has 0 saturated heterocycles. The molecule has 0 bridgehead atoms. The highest BCUT2D eigenvalue weighted by Gasteiger charge is 2.23. The van der Waals surface area contributed by atoms with E-state index in [9.17, 15) is 5.11 Å². The summed E-state index contributed by atoms with van der Waals surface area (Å²) in [5.74, 6) is 0.633. The van der Waals surface area contributed by atoms with Gasteiger partial charge in [0.15, 0.2) is 0 Å². The molecule has 0 aliphatic carbocycles. The Morgan fingerprint density at radius 2 is 1.89 bits per heavy atom. The Morgan fingerprint density at radius 3 is 2.39 bits per heavy atom. The van der Waals surface area contributed by atoms with Crippen molar-refractivity contribution >= 4 is 24.2 Å². The molecule has 106 valence electrons. The molecule has 0 amide bonds. The first kappa shape index (κ1) is 17.7. The zero-order valence-electron chi connectivity index (χ0n) is 11.2. The van der Waals surface area contributed by atoms with Crippen molar-refractivity contribution in [2.75, 3.05) is 0 Å². The maximum absolute atomic E-state index is 9.95. The molecule has 0 aliphatic rings. The predicted molar refractivity (Wildman–Crippen MR) is 74.9 cm³/mol. The molecule has 18 heavy (non-hydrogen) atoms. The molecule has 1 heterocycles. The van der Waals surface area contributed by atoms with E-state index in [1.807, 2.05) is 13.8 Å². The molecule has 1 aromatic rings. The van der Waals surface area contributed by atoms with Gasteiger partial charge in [-0.25, -0.2) is 0 Å². The molecule has 1 unspecified atom stereocenters. The second-order valence-corrected chi connectivity index (χ2v) is 6.34. The lowest BCUT2D eigenvalue weighted by atomic mass is 10.0. The summed E-state index contributed by atoms with van der Waals surface area (Å²) < 4.78 is 5.37. The molecule has 3 N–H and O–H groups in total. The topological polar surface area (TPSA) is 85.2 Å². The van der Waals surface area contributed by atoms with E-state index in [1.165, 1.54) is 11.8 Å². The molecule has 2 atom stereocenters. The van der Waals surface area contributed by atoms with Gasteiger partial charge >= 0.3 is 0 Å². The Balaban J connectivity index is 0.00000289. The summed E-state index contributed by atoms with van der Waals surface area (Å²) in [5.41, 5.74) is 5.88. The Hall–Kier alpha value is -0.300. The van der Waals surface area contributed by atoms with Crippen LogP contribution in [0.3, 0.4) is 0 Å². The van der Waals surface area contributed by atoms with Crippen molar-refractivity contribution in [3.63, 3.8) is 0 Å². The molecule has 0 saturated carbocycles. The lowest BCUT2D eigenvalue weighted by Gasteiger charge is -2.17. The number of hydrogen-bond acceptors (Lipinski definition) is 6. The van der Waals surface area contributed by atoms with Crippen molar-refractivity contribution in [3.05, 3.63) is 5.89 Å². The third-order valence-electron chi connectivity index (χ3n) is 2.16. The number of thioether (sulfide) groups is 1. The lowest BCUT2D eigenvalue weighted by Crippen LogP contribution is -2.30. The van der Waals surface area contributed by atoms with Crippen LogP contribution in [-0.2, 0) is 0 Å². The fourth-order valence-corrected chi connectivity index (χ4v) is 2.07. The summed E-state index contributed by atoms with van der Waals surface area (Å²) in [6.45, 7) is 8.19. The van der Waals surface area contributed by atoms with Crippen LogP contribution < -0.4 is 5.73 Å². The maximum Gasteiger partial charge on any atom is 0.276 e. The average molecular weight is 296 g/mol. The summed E-state index contributed by atoms with van der Waals surface area (Å²) in [4.78, 5) is 0. The summed E-state index contributed by atoms with van der Waals surface area (Å²) in [6, 6.07) is -0.368. The number of aliphatic hydroxyl groups is 1. The molecule has 5 nitrogen and oxygen atoms in total. The Bertz CT molecular complexity index is 347. The standard InChI is InChI=1S/C11H21N3O2S.ClH/c1-6(2)5-8(12)9(15)10-13-14-11(16-10)17-7(3)4;/h6-9,15H,5,12H2,1-4H3;1H/t8-,9?;/m0./s1. The molecule has 0 aromatic carbocycles. The van der Waals surface area contributed by atoms with Gasteiger partial charge in [-0.2, -0.15) is 0 Å². The van der Waals surface area contributed by atoms with Crippen LogP contribution in [-0.4, -0.2) is 26.6 Å². The van der Waals surface area contributed by atoms with E-state index in [2.05, 4.69) is 24.0 Å². The molecule has 0 aliphatic heterocycles. The minimum atomic E-state index is -0.883. The van der Waals surface area contributed by atoms with Crippen molar-refractivity contribution in [1.82, 2.24) is 10.2 Å². The second kappa shape index (κ2) is 7.99. The molecular formula is C11H22ClN3O2S. The zero-order valence-corrected chi connectivity index (χ0v) is 12.8. The lowest BCUT2D eigenvalue weighted by molar-refractivity contribution is 0.102. The highest BCUT2D eigenvalue weighted by Crippen LogP contribution is 2.25. The second-order valence-electron chi connectivity index (χ2n) is 4.81. The van der Waals surface area contributed by atoms with E-state index in [1.54, 1.807) is 0 Å². The number of rotatable bonds is 6. The van der Waals surface area contributed by atoms with Crippen LogP contribution in [0.4, 0.5) is 0 Å². The molecule has 0 radical (unpaired) electrons. The van der Waals surface area contributed by atoms with Crippen LogP contribution in [0.15, 0.2) is 9.64 Å². The molecule has 1 aromatic heterocycles. The van der Waals surface area contributed by atoms with Gasteiger partial charge in [0.1, 0.15) is 6.10 Å². The van der Waals surface area contributed by atoms with Crippen LogP contribution in [0.25, 0.3) is 0 Å². The molecular weight excluding hydrogens is 274 g/mol. The predicted octanol–water partition coefficient (Wildman–Crippen LogP) is 2.40. The third-order valence-corrected chi connectivity index (χ3v) is 3.00. The first-order valence-electron chi connectivity index (χ1n) is 5.83. The number of aromatic nitrogens is 2. The fraction of sp³-hybridized carbons (Fsp3) is 0.818. The van der Waals surface area contributed by atoms with Gasteiger partial charge in [-0.1, -0.05) is 39.5 Å². The van der Waals surface area contributed by atoms with Gasteiger partial charge in [-0.3, -0.25) is 0 Å². The zero-order chi connectivity index (χ0) is 13.0. The smallest absolute Gasteiger partial charge is 0.276 e. The number of hydrogen-bond donors (Lipinski definition) is 2. The van der Waals surface area contributed by atoms with E-state index in [4.69, 9.17) is 10.2 Å². The van der Waals surface area contributed by atoms with Crippen molar-refractivity contribution in [2.45, 2.75) is 56.7 Å². The van der Waals surface area contributed by atoms with E-state index in [0.29, 0.717) is 16.4 Å². The fourth-order valence-electron chi connectivity index (χ4n) is 1.45. The Kier molecular flexibility index (Phi) is 7.86. The average Bonchev–Trinajstić information content (AvgIpc) is 2.62. The largest absolute Gasteiger partial charge is 0.413 e. The van der Waals surface area contributed by atoms with Gasteiger partial charge in [0.25, 0.3) is 5.22 Å². The minimum absolute atomic E-state index is 0. The van der Waals surface area contributed by atoms with Gasteiger partial charge in [-0.05, 0) is 12.3 Å². The van der Waals surface area contributed by atoms with E-state index in [-0.39, 0.29) is 24.3 Å². The first-order chi connectivity index (χ1) is 7.90. The SMILES string of the molecule is CC(C)C[C@H](N)C(O)c1nnc(SC(C)C)o1.Cl. The molecule has 7 heteroatoms. The third kappa shape index (κ3) is 5.56. The monoisotopic (exact) mass is 295 g/mol. The number of aliphatic hydroxyl groups excluding tert-OH is 1. The summed E-state index contributed by atoms with van der Waals surface area (Å²) in [7, 11) is 0. The Morgan fingerprint density at radius 1 is 1.28 bits per heavy atom. The summed E-state index contributed by atoms with van der Waals surface area (Å²) >= 11 is 1.47. The Labute approximate surface area is 118 Å². The quantitative estimate of drug-likeness (QED) is 0.784. The highest BCUT2D eigenvalue weighted by atomic mass is 35.5. The van der Waals surface area contributed by atoms with Crippen molar-refractivity contribution in [1.29, 1.82) is 0 Å². The van der Waals surface area contributed by atoms with E-state index in [0.717, 1.165) is 6.42 Å². The summed E-state index contributed by atoms with van der Waals surface area (Å²) in [5, 5.41) is 18.5. The van der Waals surface area contributed by atoms with Crippen molar-refractivity contribution in [2.24, 2.45) is 11.7 Å². The van der Waals surface area contributed by atoms with Crippen molar-refractivity contribution < 1.29 is 9.52 Å². The van der Waals surface area contributed by atoms with Crippen LogP contribution in [0.2, 0.25) is 0 Å². The van der Waals surface area contributed by atoms with E-state index >= 15 is 0 Å². The number of nitrogens with two attached hydrogens (primary N) is 1. The molecule has 0 spiro atoms. The van der Waals surface area contributed by atoms with Crippen LogP contribution >= 0.6 is 24.2 Å². The maximum atomic E-state index is 9.95. The van der Waals surface area contributed by atoms with Gasteiger partial charge in [-0.15, -0.1) is 22.6 Å². The first-order valence-corrected chi connectivity index (χ1v) is 6.71. The molecule has 0 fully saturated rings. The summed E-state index contributed by atoms with van der Waals surface area (Å²) in [6.07, 6.45) is -0.164. The van der Waals surface area contributed by atoms with Gasteiger partial charge in [0, 0.05) is 11.3 Å². The van der Waals surface area contributed by atoms with Gasteiger partial charge < -0.3 is 15.3 Å². The van der Waals surface area contributed by atoms with Gasteiger partial charge in [0.2, 0.25) is 5.89 Å².